The van der Waals surface area contributed by atoms with Gasteiger partial charge in [-0.2, -0.15) is 0 Å². The summed E-state index contributed by atoms with van der Waals surface area (Å²) in [6.45, 7) is 5.93. The molecule has 2 aromatic carbocycles. The molecule has 140 valence electrons. The van der Waals surface area contributed by atoms with E-state index in [1.807, 2.05) is 24.3 Å². The van der Waals surface area contributed by atoms with E-state index >= 15 is 0 Å². The van der Waals surface area contributed by atoms with Gasteiger partial charge in [-0.15, -0.1) is 0 Å². The van der Waals surface area contributed by atoms with Gasteiger partial charge in [-0.25, -0.2) is 0 Å². The van der Waals surface area contributed by atoms with Crippen LogP contribution in [-0.4, -0.2) is 61.1 Å². The van der Waals surface area contributed by atoms with Crippen LogP contribution in [0.3, 0.4) is 0 Å². The maximum atomic E-state index is 12.9. The normalized spacial score (nSPS) is 22.3. The van der Waals surface area contributed by atoms with Crippen LogP contribution in [0.5, 0.6) is 0 Å². The van der Waals surface area contributed by atoms with Crippen molar-refractivity contribution in [2.24, 2.45) is 0 Å². The second-order valence-corrected chi connectivity index (χ2v) is 7.91. The summed E-state index contributed by atoms with van der Waals surface area (Å²) in [5.74, 6) is -0.406. The second kappa shape index (κ2) is 7.10. The lowest BCUT2D eigenvalue weighted by atomic mass is 9.97. The zero-order valence-corrected chi connectivity index (χ0v) is 15.6. The lowest BCUT2D eigenvalue weighted by molar-refractivity contribution is -0.144. The van der Waals surface area contributed by atoms with Gasteiger partial charge in [-0.1, -0.05) is 48.5 Å². The number of hydrogen-bond donors (Lipinski definition) is 0. The van der Waals surface area contributed by atoms with E-state index in [4.69, 9.17) is 4.74 Å². The van der Waals surface area contributed by atoms with Crippen LogP contribution in [0.1, 0.15) is 29.9 Å². The Morgan fingerprint density at radius 3 is 2.41 bits per heavy atom. The van der Waals surface area contributed by atoms with E-state index < -0.39 is 0 Å². The molecule has 4 heteroatoms. The molecule has 0 aromatic heterocycles. The minimum atomic E-state index is -0.288. The summed E-state index contributed by atoms with van der Waals surface area (Å²) in [4.78, 5) is 18.0. The van der Waals surface area contributed by atoms with Crippen molar-refractivity contribution in [1.82, 2.24) is 9.80 Å². The van der Waals surface area contributed by atoms with Crippen molar-refractivity contribution in [3.63, 3.8) is 0 Å². The second-order valence-electron chi connectivity index (χ2n) is 7.91. The number of esters is 1. The Morgan fingerprint density at radius 1 is 0.963 bits per heavy atom. The highest BCUT2D eigenvalue weighted by Gasteiger charge is 2.35. The van der Waals surface area contributed by atoms with E-state index in [1.54, 1.807) is 0 Å². The smallest absolute Gasteiger partial charge is 0.318 e. The summed E-state index contributed by atoms with van der Waals surface area (Å²) in [5, 5.41) is 0. The highest BCUT2D eigenvalue weighted by molar-refractivity contribution is 5.93. The molecule has 2 saturated heterocycles. The van der Waals surface area contributed by atoms with E-state index in [-0.39, 0.29) is 11.9 Å². The summed E-state index contributed by atoms with van der Waals surface area (Å²) < 4.78 is 5.76. The van der Waals surface area contributed by atoms with Crippen molar-refractivity contribution in [2.75, 3.05) is 39.3 Å². The van der Waals surface area contributed by atoms with Crippen LogP contribution in [0.4, 0.5) is 0 Å². The Labute approximate surface area is 160 Å². The molecule has 5 rings (SSSR count). The topological polar surface area (TPSA) is 32.8 Å². The Kier molecular flexibility index (Phi) is 4.46. The first-order valence-corrected chi connectivity index (χ1v) is 10.1. The predicted octanol–water partition coefficient (Wildman–Crippen LogP) is 3.12. The van der Waals surface area contributed by atoms with Gasteiger partial charge in [0.2, 0.25) is 0 Å². The van der Waals surface area contributed by atoms with Gasteiger partial charge >= 0.3 is 5.97 Å². The van der Waals surface area contributed by atoms with Gasteiger partial charge in [0.05, 0.1) is 0 Å². The molecule has 2 heterocycles. The number of carbonyl (C=O) groups excluding carboxylic acids is 1. The third-order valence-electron chi connectivity index (χ3n) is 6.39. The summed E-state index contributed by atoms with van der Waals surface area (Å²) in [7, 11) is 0. The van der Waals surface area contributed by atoms with Gasteiger partial charge in [0.15, 0.2) is 0 Å². The minimum Gasteiger partial charge on any atom is -0.464 e. The molecule has 4 nitrogen and oxygen atoms in total. The number of fused-ring (bicyclic) bond motifs is 4. The fourth-order valence-corrected chi connectivity index (χ4v) is 5.03. The van der Waals surface area contributed by atoms with Crippen LogP contribution in [0.15, 0.2) is 48.5 Å². The third-order valence-corrected chi connectivity index (χ3v) is 6.39. The molecule has 2 fully saturated rings. The number of benzene rings is 2. The average molecular weight is 362 g/mol. The lowest BCUT2D eigenvalue weighted by Crippen LogP contribution is -2.50. The zero-order valence-electron chi connectivity index (χ0n) is 15.6. The van der Waals surface area contributed by atoms with Crippen molar-refractivity contribution in [3.05, 3.63) is 59.7 Å². The number of piperazine rings is 1. The molecule has 2 aromatic rings. The summed E-state index contributed by atoms with van der Waals surface area (Å²) >= 11 is 0. The maximum Gasteiger partial charge on any atom is 0.318 e. The third kappa shape index (κ3) is 3.07. The molecule has 0 N–H and O–H groups in total. The number of nitrogens with zero attached hydrogens (tertiary/aromatic N) is 2. The summed E-state index contributed by atoms with van der Waals surface area (Å²) in [6.07, 6.45) is 2.64. The van der Waals surface area contributed by atoms with Crippen LogP contribution in [0.2, 0.25) is 0 Å². The van der Waals surface area contributed by atoms with Crippen LogP contribution in [0, 0.1) is 0 Å². The van der Waals surface area contributed by atoms with Crippen molar-refractivity contribution >= 4 is 5.97 Å². The molecule has 0 spiro atoms. The molecule has 0 amide bonds. The fourth-order valence-electron chi connectivity index (χ4n) is 5.03. The van der Waals surface area contributed by atoms with Gasteiger partial charge in [0.1, 0.15) is 12.5 Å². The highest BCUT2D eigenvalue weighted by Crippen LogP contribution is 2.44. The monoisotopic (exact) mass is 362 g/mol. The minimum absolute atomic E-state index is 0.119. The fraction of sp³-hybridized carbons (Fsp3) is 0.435. The molecule has 1 atom stereocenters. The number of ether oxygens (including phenoxy) is 1. The molecule has 1 unspecified atom stereocenters. The summed E-state index contributed by atoms with van der Waals surface area (Å²) in [5.41, 5.74) is 4.46. The molecule has 0 radical (unpaired) electrons. The Balaban J connectivity index is 1.24. The Morgan fingerprint density at radius 2 is 1.67 bits per heavy atom. The first-order chi connectivity index (χ1) is 13.3. The van der Waals surface area contributed by atoms with Gasteiger partial charge < -0.3 is 4.74 Å². The first-order valence-electron chi connectivity index (χ1n) is 10.1. The number of carbonyl (C=O) groups is 1. The van der Waals surface area contributed by atoms with E-state index in [9.17, 15) is 4.79 Å². The average Bonchev–Trinajstić information content (AvgIpc) is 3.30. The first kappa shape index (κ1) is 17.0. The lowest BCUT2D eigenvalue weighted by Gasteiger charge is -2.37. The van der Waals surface area contributed by atoms with Gasteiger partial charge in [-0.05, 0) is 41.6 Å². The van der Waals surface area contributed by atoms with E-state index in [2.05, 4.69) is 34.1 Å². The molecule has 27 heavy (non-hydrogen) atoms. The van der Waals surface area contributed by atoms with Crippen LogP contribution in [0.25, 0.3) is 11.1 Å². The molecule has 0 saturated carbocycles. The largest absolute Gasteiger partial charge is 0.464 e. The maximum absolute atomic E-state index is 12.9. The van der Waals surface area contributed by atoms with Crippen LogP contribution < -0.4 is 0 Å². The van der Waals surface area contributed by atoms with Crippen molar-refractivity contribution in [1.29, 1.82) is 0 Å². The number of rotatable bonds is 4. The van der Waals surface area contributed by atoms with E-state index in [0.29, 0.717) is 12.6 Å². The standard InChI is InChI=1S/C23H26N2O2/c26-23(27-15-14-24-12-13-25-11-5-6-17(25)16-24)22-20-9-3-1-7-18(20)19-8-2-4-10-21(19)22/h1-4,7-10,17,22H,5-6,11-16H2. The molecule has 2 aliphatic heterocycles. The van der Waals surface area contributed by atoms with Crippen molar-refractivity contribution in [3.8, 4) is 11.1 Å². The Bertz CT molecular complexity index is 804. The summed E-state index contributed by atoms with van der Waals surface area (Å²) in [6, 6.07) is 17.1. The van der Waals surface area contributed by atoms with Crippen LogP contribution >= 0.6 is 0 Å². The van der Waals surface area contributed by atoms with Crippen molar-refractivity contribution < 1.29 is 9.53 Å². The van der Waals surface area contributed by atoms with Crippen molar-refractivity contribution in [2.45, 2.75) is 24.8 Å². The van der Waals surface area contributed by atoms with Gasteiger partial charge in [0.25, 0.3) is 0 Å². The molecule has 3 aliphatic rings. The van der Waals surface area contributed by atoms with Crippen LogP contribution in [-0.2, 0) is 9.53 Å². The zero-order chi connectivity index (χ0) is 18.2. The highest BCUT2D eigenvalue weighted by atomic mass is 16.5. The molecule has 1 aliphatic carbocycles. The van der Waals surface area contributed by atoms with E-state index in [0.717, 1.165) is 48.4 Å². The number of hydrogen-bond acceptors (Lipinski definition) is 4. The SMILES string of the molecule is O=C(OCCN1CCN2CCCC2C1)C1c2ccccc2-c2ccccc21. The quantitative estimate of drug-likeness (QED) is 0.783. The predicted molar refractivity (Wildman–Crippen MR) is 106 cm³/mol. The van der Waals surface area contributed by atoms with Gasteiger partial charge in [0, 0.05) is 32.2 Å². The van der Waals surface area contributed by atoms with E-state index in [1.165, 1.54) is 19.4 Å². The Hall–Kier alpha value is -2.17. The molecular weight excluding hydrogens is 336 g/mol. The van der Waals surface area contributed by atoms with Gasteiger partial charge in [-0.3, -0.25) is 14.6 Å². The molecular formula is C23H26N2O2. The molecule has 0 bridgehead atoms.